The van der Waals surface area contributed by atoms with Gasteiger partial charge in [-0.2, -0.15) is 0 Å². The molecule has 2 aliphatic heterocycles. The predicted molar refractivity (Wildman–Crippen MR) is 116 cm³/mol. The fourth-order valence-electron chi connectivity index (χ4n) is 6.72. The summed E-state index contributed by atoms with van der Waals surface area (Å²) in [6.07, 6.45) is 7.20. The third-order valence-corrected chi connectivity index (χ3v) is 8.03. The summed E-state index contributed by atoms with van der Waals surface area (Å²) in [5, 5.41) is 0. The number of likely N-dealkylation sites (tertiary alicyclic amines) is 2. The molecule has 2 bridgehead atoms. The summed E-state index contributed by atoms with van der Waals surface area (Å²) in [5.74, 6) is 0.385. The second-order valence-electron chi connectivity index (χ2n) is 9.76. The van der Waals surface area contributed by atoms with Gasteiger partial charge in [-0.15, -0.1) is 0 Å². The van der Waals surface area contributed by atoms with Crippen LogP contribution < -0.4 is 0 Å². The Morgan fingerprint density at radius 2 is 1.81 bits per heavy atom. The van der Waals surface area contributed by atoms with Gasteiger partial charge in [-0.3, -0.25) is 9.59 Å². The van der Waals surface area contributed by atoms with E-state index >= 15 is 0 Å². The van der Waals surface area contributed by atoms with Crippen LogP contribution in [0, 0.1) is 12.3 Å². The Kier molecular flexibility index (Phi) is 4.91. The topological polar surface area (TPSA) is 66.7 Å². The molecule has 5 atom stereocenters. The fraction of sp³-hybridized carbons (Fsp3) is 0.560. The van der Waals surface area contributed by atoms with Crippen LogP contribution in [-0.2, 0) is 11.2 Å². The van der Waals surface area contributed by atoms with E-state index in [1.165, 1.54) is 12.0 Å². The minimum Gasteiger partial charge on any atom is -0.438 e. The summed E-state index contributed by atoms with van der Waals surface area (Å²) >= 11 is 0. The number of fused-ring (bicyclic) bond motifs is 1. The average molecular weight is 422 g/mol. The van der Waals surface area contributed by atoms with Gasteiger partial charge in [0.05, 0.1) is 17.8 Å². The standard InChI is InChI=1S/C25H31N3O3/c1-16-23(31-15-26-16)24(30)28-20-14-25(3)21(11-7-8-12-22(25)28)27(17(2)29)19(20)13-18-9-5-4-6-10-18/h4-6,9-10,15,19-22H,7-8,11-14H2,1-3H3/t19-,20+,21-,22+,25-/m1/s1. The van der Waals surface area contributed by atoms with E-state index in [0.29, 0.717) is 11.5 Å². The molecule has 31 heavy (non-hydrogen) atoms. The molecule has 1 saturated carbocycles. The Labute approximate surface area is 183 Å². The van der Waals surface area contributed by atoms with Gasteiger partial charge in [-0.05, 0) is 38.2 Å². The summed E-state index contributed by atoms with van der Waals surface area (Å²) in [5.41, 5.74) is 1.73. The van der Waals surface area contributed by atoms with E-state index in [1.807, 2.05) is 25.1 Å². The predicted octanol–water partition coefficient (Wildman–Crippen LogP) is 3.99. The molecular formula is C25H31N3O3. The van der Waals surface area contributed by atoms with Crippen LogP contribution in [0.15, 0.2) is 41.1 Å². The number of benzene rings is 1. The third kappa shape index (κ3) is 3.10. The molecule has 1 aliphatic carbocycles. The molecule has 6 nitrogen and oxygen atoms in total. The van der Waals surface area contributed by atoms with Crippen LogP contribution in [0.2, 0.25) is 0 Å². The Bertz CT molecular complexity index is 987. The molecular weight excluding hydrogens is 390 g/mol. The van der Waals surface area contributed by atoms with Crippen molar-refractivity contribution in [2.75, 3.05) is 0 Å². The van der Waals surface area contributed by atoms with E-state index in [2.05, 4.69) is 33.8 Å². The van der Waals surface area contributed by atoms with E-state index in [1.54, 1.807) is 6.92 Å². The zero-order valence-corrected chi connectivity index (χ0v) is 18.6. The first-order chi connectivity index (χ1) is 14.9. The first-order valence-electron chi connectivity index (χ1n) is 11.5. The molecule has 2 saturated heterocycles. The van der Waals surface area contributed by atoms with Gasteiger partial charge in [0.25, 0.3) is 5.91 Å². The number of hydrogen-bond donors (Lipinski definition) is 0. The molecule has 5 rings (SSSR count). The Balaban J connectivity index is 1.62. The number of rotatable bonds is 3. The van der Waals surface area contributed by atoms with E-state index in [9.17, 15) is 9.59 Å². The van der Waals surface area contributed by atoms with Gasteiger partial charge in [-0.25, -0.2) is 4.98 Å². The number of carbonyl (C=O) groups excluding carboxylic acids is 2. The zero-order chi connectivity index (χ0) is 21.8. The van der Waals surface area contributed by atoms with Crippen LogP contribution in [0.3, 0.4) is 0 Å². The highest BCUT2D eigenvalue weighted by molar-refractivity contribution is 5.93. The van der Waals surface area contributed by atoms with Crippen LogP contribution >= 0.6 is 0 Å². The SMILES string of the molecule is CC(=O)N1[C@H](Cc2ccccc2)[C@@H]2C[C@@]3(C)[C@H](CCCC[C@@H]13)N2C(=O)c1ocnc1C. The molecule has 2 aromatic rings. The number of carbonyl (C=O) groups is 2. The van der Waals surface area contributed by atoms with E-state index < -0.39 is 0 Å². The minimum absolute atomic E-state index is 0.0227. The number of amides is 2. The van der Waals surface area contributed by atoms with Crippen LogP contribution in [0.1, 0.15) is 67.8 Å². The largest absolute Gasteiger partial charge is 0.438 e. The summed E-state index contributed by atoms with van der Waals surface area (Å²) in [4.78, 5) is 35.2. The number of piperidine rings is 1. The maximum absolute atomic E-state index is 13.8. The Morgan fingerprint density at radius 1 is 1.13 bits per heavy atom. The lowest BCUT2D eigenvalue weighted by Crippen LogP contribution is -2.61. The number of aromatic nitrogens is 1. The van der Waals surface area contributed by atoms with Gasteiger partial charge in [0.2, 0.25) is 11.7 Å². The van der Waals surface area contributed by atoms with Crippen molar-refractivity contribution in [1.82, 2.24) is 14.8 Å². The van der Waals surface area contributed by atoms with Crippen molar-refractivity contribution in [3.05, 3.63) is 53.7 Å². The summed E-state index contributed by atoms with van der Waals surface area (Å²) in [7, 11) is 0. The van der Waals surface area contributed by atoms with Crippen LogP contribution in [0.5, 0.6) is 0 Å². The number of hydrogen-bond acceptors (Lipinski definition) is 4. The molecule has 6 heteroatoms. The van der Waals surface area contributed by atoms with E-state index in [-0.39, 0.29) is 41.4 Å². The van der Waals surface area contributed by atoms with Gasteiger partial charge in [-0.1, -0.05) is 50.1 Å². The molecule has 1 aromatic carbocycles. The van der Waals surface area contributed by atoms with Gasteiger partial charge >= 0.3 is 0 Å². The van der Waals surface area contributed by atoms with Crippen LogP contribution in [0.4, 0.5) is 0 Å². The second-order valence-corrected chi connectivity index (χ2v) is 9.76. The van der Waals surface area contributed by atoms with Crippen LogP contribution in [-0.4, -0.2) is 50.8 Å². The molecule has 3 heterocycles. The average Bonchev–Trinajstić information content (AvgIpc) is 3.23. The second kappa shape index (κ2) is 7.50. The van der Waals surface area contributed by atoms with Crippen LogP contribution in [0.25, 0.3) is 0 Å². The highest BCUT2D eigenvalue weighted by atomic mass is 16.3. The monoisotopic (exact) mass is 421 g/mol. The minimum atomic E-state index is -0.0936. The van der Waals surface area contributed by atoms with Crippen molar-refractivity contribution in [2.45, 2.75) is 83.5 Å². The smallest absolute Gasteiger partial charge is 0.292 e. The van der Waals surface area contributed by atoms with Gasteiger partial charge in [0, 0.05) is 24.4 Å². The van der Waals surface area contributed by atoms with Crippen molar-refractivity contribution < 1.29 is 14.0 Å². The maximum Gasteiger partial charge on any atom is 0.292 e. The summed E-state index contributed by atoms with van der Waals surface area (Å²) in [6, 6.07) is 10.6. The highest BCUT2D eigenvalue weighted by Crippen LogP contribution is 2.56. The van der Waals surface area contributed by atoms with Crippen molar-refractivity contribution >= 4 is 11.8 Å². The Morgan fingerprint density at radius 3 is 2.42 bits per heavy atom. The molecule has 2 amide bonds. The van der Waals surface area contributed by atoms with E-state index in [0.717, 1.165) is 38.5 Å². The lowest BCUT2D eigenvalue weighted by molar-refractivity contribution is -0.141. The lowest BCUT2D eigenvalue weighted by atomic mass is 9.69. The quantitative estimate of drug-likeness (QED) is 0.752. The number of aryl methyl sites for hydroxylation is 1. The Hall–Kier alpha value is -2.63. The first-order valence-corrected chi connectivity index (χ1v) is 11.5. The zero-order valence-electron chi connectivity index (χ0n) is 18.6. The fourth-order valence-corrected chi connectivity index (χ4v) is 6.72. The van der Waals surface area contributed by atoms with Gasteiger partial charge < -0.3 is 14.2 Å². The van der Waals surface area contributed by atoms with Gasteiger partial charge in [0.15, 0.2) is 6.39 Å². The third-order valence-electron chi connectivity index (χ3n) is 8.03. The normalized spacial score (nSPS) is 32.1. The highest BCUT2D eigenvalue weighted by Gasteiger charge is 2.63. The first kappa shape index (κ1) is 20.3. The van der Waals surface area contributed by atoms with E-state index in [4.69, 9.17) is 4.42 Å². The maximum atomic E-state index is 13.8. The number of oxazole rings is 1. The van der Waals surface area contributed by atoms with Gasteiger partial charge in [0.1, 0.15) is 0 Å². The van der Waals surface area contributed by atoms with Crippen molar-refractivity contribution in [1.29, 1.82) is 0 Å². The summed E-state index contributed by atoms with van der Waals surface area (Å²) < 4.78 is 5.53. The molecule has 3 fully saturated rings. The lowest BCUT2D eigenvalue weighted by Gasteiger charge is -2.50. The van der Waals surface area contributed by atoms with Crippen molar-refractivity contribution in [3.63, 3.8) is 0 Å². The van der Waals surface area contributed by atoms with Crippen molar-refractivity contribution in [3.8, 4) is 0 Å². The molecule has 0 radical (unpaired) electrons. The molecule has 3 aliphatic rings. The molecule has 164 valence electrons. The number of nitrogens with zero attached hydrogens (tertiary/aromatic N) is 3. The molecule has 0 spiro atoms. The summed E-state index contributed by atoms with van der Waals surface area (Å²) in [6.45, 7) is 5.81. The molecule has 1 aromatic heterocycles. The molecule has 0 N–H and O–H groups in total. The van der Waals surface area contributed by atoms with Crippen molar-refractivity contribution in [2.24, 2.45) is 5.41 Å². The molecule has 0 unspecified atom stereocenters.